The lowest BCUT2D eigenvalue weighted by molar-refractivity contribution is 0.0759. The molecule has 0 saturated carbocycles. The molecule has 0 aliphatic heterocycles. The van der Waals surface area contributed by atoms with Gasteiger partial charge in [0.2, 0.25) is 0 Å². The molecule has 19 heavy (non-hydrogen) atoms. The van der Waals surface area contributed by atoms with Crippen molar-refractivity contribution in [2.75, 3.05) is 11.9 Å². The van der Waals surface area contributed by atoms with Gasteiger partial charge in [0.25, 0.3) is 5.91 Å². The number of alkyl halides is 1. The Hall–Kier alpha value is -1.13. The van der Waals surface area contributed by atoms with E-state index >= 15 is 0 Å². The quantitative estimate of drug-likeness (QED) is 0.752. The molecule has 0 fully saturated rings. The van der Waals surface area contributed by atoms with E-state index in [4.69, 9.17) is 0 Å². The number of hydrogen-bond donors (Lipinski definition) is 0. The van der Waals surface area contributed by atoms with Crippen LogP contribution in [-0.4, -0.2) is 22.7 Å². The zero-order chi connectivity index (χ0) is 13.7. The summed E-state index contributed by atoms with van der Waals surface area (Å²) in [6, 6.07) is 12.1. The molecule has 100 valence electrons. The topological polar surface area (TPSA) is 20.3 Å². The standard InChI is InChI=1S/C15H16BrNOS/c1-12-7-10-19-14(12)15(18)17(9-8-16)11-13-5-3-2-4-6-13/h2-7,10H,8-9,11H2,1H3. The number of rotatable bonds is 5. The first-order valence-electron chi connectivity index (χ1n) is 6.15. The molecule has 0 unspecified atom stereocenters. The lowest BCUT2D eigenvalue weighted by Gasteiger charge is -2.21. The highest BCUT2D eigenvalue weighted by atomic mass is 79.9. The predicted molar refractivity (Wildman–Crippen MR) is 84.0 cm³/mol. The SMILES string of the molecule is Cc1ccsc1C(=O)N(CCBr)Cc1ccccc1. The Morgan fingerprint density at radius 1 is 1.26 bits per heavy atom. The van der Waals surface area contributed by atoms with E-state index in [1.54, 1.807) is 0 Å². The highest BCUT2D eigenvalue weighted by Crippen LogP contribution is 2.19. The minimum absolute atomic E-state index is 0.121. The van der Waals surface area contributed by atoms with Crippen LogP contribution in [0.3, 0.4) is 0 Å². The smallest absolute Gasteiger partial charge is 0.264 e. The van der Waals surface area contributed by atoms with Crippen LogP contribution in [-0.2, 0) is 6.54 Å². The van der Waals surface area contributed by atoms with Gasteiger partial charge < -0.3 is 4.90 Å². The first kappa shape index (κ1) is 14.3. The van der Waals surface area contributed by atoms with Crippen LogP contribution >= 0.6 is 27.3 Å². The van der Waals surface area contributed by atoms with E-state index in [9.17, 15) is 4.79 Å². The molecule has 2 nitrogen and oxygen atoms in total. The van der Waals surface area contributed by atoms with Crippen LogP contribution in [0.5, 0.6) is 0 Å². The third kappa shape index (κ3) is 3.67. The van der Waals surface area contributed by atoms with E-state index in [2.05, 4.69) is 28.1 Å². The Bertz CT molecular complexity index is 538. The average Bonchev–Trinajstić information content (AvgIpc) is 2.85. The molecule has 0 N–H and O–H groups in total. The normalized spacial score (nSPS) is 10.4. The van der Waals surface area contributed by atoms with Crippen molar-refractivity contribution < 1.29 is 4.79 Å². The molecule has 1 aromatic heterocycles. The Morgan fingerprint density at radius 3 is 2.58 bits per heavy atom. The predicted octanol–water partition coefficient (Wildman–Crippen LogP) is 4.09. The second-order valence-corrected chi connectivity index (χ2v) is 6.04. The molecular weight excluding hydrogens is 322 g/mol. The fourth-order valence-corrected chi connectivity index (χ4v) is 3.21. The van der Waals surface area contributed by atoms with Gasteiger partial charge in [0.1, 0.15) is 0 Å². The van der Waals surface area contributed by atoms with Gasteiger partial charge in [-0.3, -0.25) is 4.79 Å². The van der Waals surface area contributed by atoms with Gasteiger partial charge in [0.05, 0.1) is 4.88 Å². The molecule has 4 heteroatoms. The molecule has 0 spiro atoms. The maximum absolute atomic E-state index is 12.5. The van der Waals surface area contributed by atoms with Gasteiger partial charge in [-0.2, -0.15) is 0 Å². The molecule has 0 radical (unpaired) electrons. The molecule has 0 saturated heterocycles. The van der Waals surface area contributed by atoms with Gasteiger partial charge in [-0.15, -0.1) is 11.3 Å². The van der Waals surface area contributed by atoms with Crippen molar-refractivity contribution in [2.45, 2.75) is 13.5 Å². The number of aryl methyl sites for hydroxylation is 1. The first-order valence-corrected chi connectivity index (χ1v) is 8.15. The minimum Gasteiger partial charge on any atom is -0.333 e. The van der Waals surface area contributed by atoms with Gasteiger partial charge >= 0.3 is 0 Å². The van der Waals surface area contributed by atoms with Crippen LogP contribution in [0.4, 0.5) is 0 Å². The van der Waals surface area contributed by atoms with Crippen molar-refractivity contribution in [1.29, 1.82) is 0 Å². The summed E-state index contributed by atoms with van der Waals surface area (Å²) in [5.41, 5.74) is 2.22. The summed E-state index contributed by atoms with van der Waals surface area (Å²) < 4.78 is 0. The summed E-state index contributed by atoms with van der Waals surface area (Å²) in [6.45, 7) is 3.35. The number of halogens is 1. The summed E-state index contributed by atoms with van der Waals surface area (Å²) in [7, 11) is 0. The molecular formula is C15H16BrNOS. The molecule has 0 bridgehead atoms. The molecule has 1 heterocycles. The number of carbonyl (C=O) groups excluding carboxylic acids is 1. The Morgan fingerprint density at radius 2 is 2.00 bits per heavy atom. The Balaban J connectivity index is 2.16. The number of amides is 1. The summed E-state index contributed by atoms with van der Waals surface area (Å²) in [5.74, 6) is 0.121. The van der Waals surface area contributed by atoms with Gasteiger partial charge in [0.15, 0.2) is 0 Å². The van der Waals surface area contributed by atoms with Crippen molar-refractivity contribution in [3.8, 4) is 0 Å². The number of benzene rings is 1. The van der Waals surface area contributed by atoms with Crippen LogP contribution in [0.15, 0.2) is 41.8 Å². The number of hydrogen-bond acceptors (Lipinski definition) is 2. The summed E-state index contributed by atoms with van der Waals surface area (Å²) in [6.07, 6.45) is 0. The number of thiophene rings is 1. The first-order chi connectivity index (χ1) is 9.22. The van der Waals surface area contributed by atoms with Gasteiger partial charge in [-0.25, -0.2) is 0 Å². The van der Waals surface area contributed by atoms with Crippen molar-refractivity contribution in [1.82, 2.24) is 4.90 Å². The molecule has 0 aliphatic carbocycles. The fraction of sp³-hybridized carbons (Fsp3) is 0.267. The van der Waals surface area contributed by atoms with Crippen molar-refractivity contribution >= 4 is 33.2 Å². The molecule has 1 aromatic carbocycles. The maximum Gasteiger partial charge on any atom is 0.264 e. The van der Waals surface area contributed by atoms with E-state index in [0.717, 1.165) is 21.3 Å². The average molecular weight is 338 g/mol. The molecule has 1 amide bonds. The molecule has 2 rings (SSSR count). The third-order valence-electron chi connectivity index (χ3n) is 2.91. The lowest BCUT2D eigenvalue weighted by Crippen LogP contribution is -2.32. The Labute approximate surface area is 126 Å². The van der Waals surface area contributed by atoms with E-state index in [1.165, 1.54) is 11.3 Å². The van der Waals surface area contributed by atoms with Crippen LogP contribution in [0.1, 0.15) is 20.8 Å². The molecule has 0 aliphatic rings. The highest BCUT2D eigenvalue weighted by Gasteiger charge is 2.18. The van der Waals surface area contributed by atoms with E-state index in [1.807, 2.05) is 41.5 Å². The molecule has 2 aromatic rings. The van der Waals surface area contributed by atoms with E-state index in [-0.39, 0.29) is 5.91 Å². The maximum atomic E-state index is 12.5. The van der Waals surface area contributed by atoms with Crippen molar-refractivity contribution in [3.63, 3.8) is 0 Å². The lowest BCUT2D eigenvalue weighted by atomic mass is 10.2. The van der Waals surface area contributed by atoms with Crippen LogP contribution in [0.2, 0.25) is 0 Å². The van der Waals surface area contributed by atoms with Crippen LogP contribution < -0.4 is 0 Å². The van der Waals surface area contributed by atoms with Gasteiger partial charge in [-0.1, -0.05) is 46.3 Å². The number of carbonyl (C=O) groups is 1. The van der Waals surface area contributed by atoms with Crippen LogP contribution in [0.25, 0.3) is 0 Å². The summed E-state index contributed by atoms with van der Waals surface area (Å²) in [5, 5.41) is 2.76. The Kier molecular flexibility index (Phi) is 5.16. The third-order valence-corrected chi connectivity index (χ3v) is 4.27. The fourth-order valence-electron chi connectivity index (χ4n) is 1.89. The highest BCUT2D eigenvalue weighted by molar-refractivity contribution is 9.09. The summed E-state index contributed by atoms with van der Waals surface area (Å²) in [4.78, 5) is 15.3. The number of nitrogens with zero attached hydrogens (tertiary/aromatic N) is 1. The molecule has 0 atom stereocenters. The second kappa shape index (κ2) is 6.87. The zero-order valence-corrected chi connectivity index (χ0v) is 13.2. The van der Waals surface area contributed by atoms with E-state index in [0.29, 0.717) is 13.1 Å². The van der Waals surface area contributed by atoms with Crippen molar-refractivity contribution in [3.05, 3.63) is 57.8 Å². The summed E-state index contributed by atoms with van der Waals surface area (Å²) >= 11 is 4.94. The second-order valence-electron chi connectivity index (χ2n) is 4.33. The largest absolute Gasteiger partial charge is 0.333 e. The zero-order valence-electron chi connectivity index (χ0n) is 10.8. The minimum atomic E-state index is 0.121. The van der Waals surface area contributed by atoms with E-state index < -0.39 is 0 Å². The van der Waals surface area contributed by atoms with Crippen molar-refractivity contribution in [2.24, 2.45) is 0 Å². The van der Waals surface area contributed by atoms with Gasteiger partial charge in [-0.05, 0) is 29.5 Å². The van der Waals surface area contributed by atoms with Crippen LogP contribution in [0, 0.1) is 6.92 Å². The monoisotopic (exact) mass is 337 g/mol. The van der Waals surface area contributed by atoms with Gasteiger partial charge in [0, 0.05) is 18.4 Å².